The molecule has 0 spiro atoms. The smallest absolute Gasteiger partial charge is 0.296 e. The molecule has 0 aliphatic heterocycles. The van der Waals surface area contributed by atoms with Gasteiger partial charge >= 0.3 is 0 Å². The summed E-state index contributed by atoms with van der Waals surface area (Å²) in [6, 6.07) is 0. The number of Topliss-reactive ketones (excluding diaryl/α,β-unsaturated/α-hetero) is 2. The molecule has 0 N–H and O–H groups in total. The molecule has 0 heterocycles. The SMILES string of the molecule is CC(C(=O)C(F)F)C(=O)C1CC1C. The van der Waals surface area contributed by atoms with Crippen LogP contribution in [0.15, 0.2) is 0 Å². The van der Waals surface area contributed by atoms with Crippen LogP contribution in [0.5, 0.6) is 0 Å². The second-order valence-electron chi connectivity index (χ2n) is 3.65. The quantitative estimate of drug-likeness (QED) is 0.632. The van der Waals surface area contributed by atoms with Crippen molar-refractivity contribution in [1.29, 1.82) is 0 Å². The van der Waals surface area contributed by atoms with Crippen LogP contribution in [0, 0.1) is 17.8 Å². The summed E-state index contributed by atoms with van der Waals surface area (Å²) in [4.78, 5) is 22.1. The zero-order valence-electron chi connectivity index (χ0n) is 7.59. The van der Waals surface area contributed by atoms with Gasteiger partial charge in [0.2, 0.25) is 5.78 Å². The van der Waals surface area contributed by atoms with Crippen molar-refractivity contribution < 1.29 is 18.4 Å². The number of hydrogen-bond acceptors (Lipinski definition) is 2. The third-order valence-electron chi connectivity index (χ3n) is 2.54. The first-order valence-electron chi connectivity index (χ1n) is 4.30. The molecule has 0 amide bonds. The molecule has 1 rings (SSSR count). The number of halogens is 2. The maximum Gasteiger partial charge on any atom is 0.296 e. The Balaban J connectivity index is 2.52. The minimum atomic E-state index is -3.02. The molecule has 0 radical (unpaired) electrons. The van der Waals surface area contributed by atoms with Crippen molar-refractivity contribution in [3.63, 3.8) is 0 Å². The van der Waals surface area contributed by atoms with Gasteiger partial charge in [-0.05, 0) is 19.3 Å². The predicted molar refractivity (Wildman–Crippen MR) is 42.5 cm³/mol. The molecule has 1 aliphatic rings. The van der Waals surface area contributed by atoms with Crippen molar-refractivity contribution in [3.05, 3.63) is 0 Å². The van der Waals surface area contributed by atoms with E-state index in [2.05, 4.69) is 0 Å². The van der Waals surface area contributed by atoms with Crippen molar-refractivity contribution in [1.82, 2.24) is 0 Å². The van der Waals surface area contributed by atoms with E-state index in [1.165, 1.54) is 6.92 Å². The third-order valence-corrected chi connectivity index (χ3v) is 2.54. The van der Waals surface area contributed by atoms with Gasteiger partial charge in [0.05, 0.1) is 5.92 Å². The first-order chi connectivity index (χ1) is 5.95. The lowest BCUT2D eigenvalue weighted by atomic mass is 9.97. The van der Waals surface area contributed by atoms with Crippen molar-refractivity contribution in [3.8, 4) is 0 Å². The minimum Gasteiger partial charge on any atom is -0.299 e. The Hall–Kier alpha value is -0.800. The Labute approximate surface area is 75.3 Å². The van der Waals surface area contributed by atoms with Crippen LogP contribution in [0.3, 0.4) is 0 Å². The van der Waals surface area contributed by atoms with E-state index in [4.69, 9.17) is 0 Å². The summed E-state index contributed by atoms with van der Waals surface area (Å²) in [6.45, 7) is 3.14. The van der Waals surface area contributed by atoms with E-state index in [1.54, 1.807) is 0 Å². The molecule has 1 fully saturated rings. The van der Waals surface area contributed by atoms with Gasteiger partial charge in [-0.25, -0.2) is 8.78 Å². The largest absolute Gasteiger partial charge is 0.299 e. The van der Waals surface area contributed by atoms with E-state index in [-0.39, 0.29) is 17.6 Å². The molecule has 74 valence electrons. The highest BCUT2D eigenvalue weighted by Gasteiger charge is 2.43. The average Bonchev–Trinajstić information content (AvgIpc) is 2.78. The summed E-state index contributed by atoms with van der Waals surface area (Å²) >= 11 is 0. The maximum atomic E-state index is 11.9. The van der Waals surface area contributed by atoms with Crippen molar-refractivity contribution in [2.75, 3.05) is 0 Å². The summed E-state index contributed by atoms with van der Waals surface area (Å²) in [5.74, 6) is -2.59. The molecule has 0 aromatic rings. The Morgan fingerprint density at radius 1 is 1.38 bits per heavy atom. The normalized spacial score (nSPS) is 28.7. The van der Waals surface area contributed by atoms with E-state index < -0.39 is 18.1 Å². The monoisotopic (exact) mass is 190 g/mol. The number of carbonyl (C=O) groups excluding carboxylic acids is 2. The van der Waals surface area contributed by atoms with Gasteiger partial charge < -0.3 is 0 Å². The summed E-state index contributed by atoms with van der Waals surface area (Å²) in [6.07, 6.45) is -2.28. The predicted octanol–water partition coefficient (Wildman–Crippen LogP) is 1.68. The molecule has 2 nitrogen and oxygen atoms in total. The van der Waals surface area contributed by atoms with Gasteiger partial charge in [-0.1, -0.05) is 6.92 Å². The second-order valence-corrected chi connectivity index (χ2v) is 3.65. The molecule has 1 aliphatic carbocycles. The highest BCUT2D eigenvalue weighted by Crippen LogP contribution is 2.40. The van der Waals surface area contributed by atoms with Gasteiger partial charge in [-0.15, -0.1) is 0 Å². The van der Waals surface area contributed by atoms with E-state index in [9.17, 15) is 18.4 Å². The van der Waals surface area contributed by atoms with Crippen LogP contribution in [0.4, 0.5) is 8.78 Å². The standard InChI is InChI=1S/C9H12F2O2/c1-4-3-6(4)7(12)5(2)8(13)9(10)11/h4-6,9H,3H2,1-2H3. The van der Waals surface area contributed by atoms with Crippen LogP contribution in [-0.2, 0) is 9.59 Å². The first-order valence-corrected chi connectivity index (χ1v) is 4.30. The first kappa shape index (κ1) is 10.3. The molecule has 4 heteroatoms. The van der Waals surface area contributed by atoms with Gasteiger partial charge in [-0.3, -0.25) is 9.59 Å². The van der Waals surface area contributed by atoms with Crippen molar-refractivity contribution in [2.24, 2.45) is 17.8 Å². The summed E-state index contributed by atoms with van der Waals surface area (Å²) in [5.41, 5.74) is 0. The molecule has 1 saturated carbocycles. The lowest BCUT2D eigenvalue weighted by Crippen LogP contribution is -2.27. The topological polar surface area (TPSA) is 34.1 Å². The fourth-order valence-electron chi connectivity index (χ4n) is 1.37. The number of carbonyl (C=O) groups is 2. The Kier molecular flexibility index (Phi) is 2.78. The maximum absolute atomic E-state index is 11.9. The fourth-order valence-corrected chi connectivity index (χ4v) is 1.37. The van der Waals surface area contributed by atoms with E-state index in [0.717, 1.165) is 6.42 Å². The lowest BCUT2D eigenvalue weighted by molar-refractivity contribution is -0.139. The molecule has 3 atom stereocenters. The van der Waals surface area contributed by atoms with Gasteiger partial charge in [0.1, 0.15) is 5.78 Å². The second kappa shape index (κ2) is 3.52. The van der Waals surface area contributed by atoms with Crippen molar-refractivity contribution >= 4 is 11.6 Å². The zero-order chi connectivity index (χ0) is 10.2. The van der Waals surface area contributed by atoms with E-state index in [1.807, 2.05) is 6.92 Å². The minimum absolute atomic E-state index is 0.155. The molecular formula is C9H12F2O2. The number of hydrogen-bond donors (Lipinski definition) is 0. The highest BCUT2D eigenvalue weighted by atomic mass is 19.3. The summed E-state index contributed by atoms with van der Waals surface area (Å²) < 4.78 is 23.8. The van der Waals surface area contributed by atoms with Crippen LogP contribution in [0.25, 0.3) is 0 Å². The number of rotatable bonds is 4. The van der Waals surface area contributed by atoms with Gasteiger partial charge in [-0.2, -0.15) is 0 Å². The van der Waals surface area contributed by atoms with E-state index >= 15 is 0 Å². The summed E-state index contributed by atoms with van der Waals surface area (Å²) in [7, 11) is 0. The molecule has 0 aromatic carbocycles. The highest BCUT2D eigenvalue weighted by molar-refractivity contribution is 6.05. The van der Waals surface area contributed by atoms with Crippen LogP contribution >= 0.6 is 0 Å². The molecule has 0 saturated heterocycles. The zero-order valence-corrected chi connectivity index (χ0v) is 7.59. The van der Waals surface area contributed by atoms with Crippen molar-refractivity contribution in [2.45, 2.75) is 26.7 Å². The van der Waals surface area contributed by atoms with Crippen LogP contribution < -0.4 is 0 Å². The Morgan fingerprint density at radius 2 is 1.85 bits per heavy atom. The number of alkyl halides is 2. The van der Waals surface area contributed by atoms with Crippen LogP contribution in [-0.4, -0.2) is 18.0 Å². The Morgan fingerprint density at radius 3 is 2.15 bits per heavy atom. The van der Waals surface area contributed by atoms with Crippen LogP contribution in [0.2, 0.25) is 0 Å². The third kappa shape index (κ3) is 2.11. The summed E-state index contributed by atoms with van der Waals surface area (Å²) in [5, 5.41) is 0. The lowest BCUT2D eigenvalue weighted by Gasteiger charge is -2.07. The van der Waals surface area contributed by atoms with Gasteiger partial charge in [0, 0.05) is 5.92 Å². The molecular weight excluding hydrogens is 178 g/mol. The molecule has 3 unspecified atom stereocenters. The Bertz CT molecular complexity index is 238. The number of ketones is 2. The molecule has 0 bridgehead atoms. The fraction of sp³-hybridized carbons (Fsp3) is 0.778. The van der Waals surface area contributed by atoms with Gasteiger partial charge in [0.25, 0.3) is 6.43 Å². The van der Waals surface area contributed by atoms with Crippen LogP contribution in [0.1, 0.15) is 20.3 Å². The van der Waals surface area contributed by atoms with E-state index in [0.29, 0.717) is 0 Å². The average molecular weight is 190 g/mol. The molecule has 0 aromatic heterocycles. The molecule has 13 heavy (non-hydrogen) atoms. The van der Waals surface area contributed by atoms with Gasteiger partial charge in [0.15, 0.2) is 0 Å².